The standard InChI is InChI=1S/C22H22O/c1-2-23-22-19-14-8-6-12-17(19)21(16-10-4-3-5-11-16)18-13-7-9-15-20(18)22/h6-10,12-15H,2-5,11H2,1H3. The van der Waals surface area contributed by atoms with E-state index in [0.717, 1.165) is 5.75 Å². The summed E-state index contributed by atoms with van der Waals surface area (Å²) in [5.41, 5.74) is 2.92. The second kappa shape index (κ2) is 6.08. The Hall–Kier alpha value is -2.28. The third-order valence-corrected chi connectivity index (χ3v) is 4.78. The second-order valence-corrected chi connectivity index (χ2v) is 6.20. The van der Waals surface area contributed by atoms with Gasteiger partial charge in [0.25, 0.3) is 0 Å². The van der Waals surface area contributed by atoms with Gasteiger partial charge in [-0.1, -0.05) is 54.6 Å². The third-order valence-electron chi connectivity index (χ3n) is 4.78. The van der Waals surface area contributed by atoms with Crippen LogP contribution in [0.3, 0.4) is 0 Å². The van der Waals surface area contributed by atoms with Crippen molar-refractivity contribution in [3.63, 3.8) is 0 Å². The molecule has 0 aromatic heterocycles. The van der Waals surface area contributed by atoms with Gasteiger partial charge >= 0.3 is 0 Å². The molecule has 116 valence electrons. The number of benzene rings is 3. The van der Waals surface area contributed by atoms with Gasteiger partial charge in [-0.25, -0.2) is 0 Å². The fourth-order valence-electron chi connectivity index (χ4n) is 3.80. The van der Waals surface area contributed by atoms with Gasteiger partial charge in [0.15, 0.2) is 0 Å². The zero-order valence-corrected chi connectivity index (χ0v) is 13.6. The molecule has 0 N–H and O–H groups in total. The lowest BCUT2D eigenvalue weighted by Crippen LogP contribution is -1.99. The van der Waals surface area contributed by atoms with Crippen LogP contribution in [0.4, 0.5) is 0 Å². The van der Waals surface area contributed by atoms with Crippen molar-refractivity contribution in [1.29, 1.82) is 0 Å². The molecule has 0 saturated heterocycles. The molecule has 0 heterocycles. The first-order chi connectivity index (χ1) is 11.4. The average Bonchev–Trinajstić information content (AvgIpc) is 2.62. The van der Waals surface area contributed by atoms with Crippen LogP contribution in [-0.2, 0) is 0 Å². The van der Waals surface area contributed by atoms with E-state index in [1.165, 1.54) is 58.4 Å². The highest BCUT2D eigenvalue weighted by atomic mass is 16.5. The van der Waals surface area contributed by atoms with E-state index >= 15 is 0 Å². The van der Waals surface area contributed by atoms with Gasteiger partial charge in [-0.05, 0) is 54.5 Å². The fourth-order valence-corrected chi connectivity index (χ4v) is 3.80. The Balaban J connectivity index is 2.14. The van der Waals surface area contributed by atoms with Gasteiger partial charge in [0, 0.05) is 10.8 Å². The third kappa shape index (κ3) is 2.41. The fraction of sp³-hybridized carbons (Fsp3) is 0.273. The van der Waals surface area contributed by atoms with Crippen LogP contribution in [0.25, 0.3) is 27.1 Å². The molecule has 0 amide bonds. The Morgan fingerprint density at radius 2 is 1.43 bits per heavy atom. The first-order valence-corrected chi connectivity index (χ1v) is 8.66. The van der Waals surface area contributed by atoms with E-state index in [1.807, 2.05) is 0 Å². The van der Waals surface area contributed by atoms with Crippen LogP contribution in [0.15, 0.2) is 54.6 Å². The van der Waals surface area contributed by atoms with E-state index in [-0.39, 0.29) is 0 Å². The summed E-state index contributed by atoms with van der Waals surface area (Å²) < 4.78 is 6.06. The number of rotatable bonds is 3. The van der Waals surface area contributed by atoms with Crippen LogP contribution in [-0.4, -0.2) is 6.61 Å². The Kier molecular flexibility index (Phi) is 3.78. The summed E-state index contributed by atoms with van der Waals surface area (Å²) in [5, 5.41) is 5.11. The molecule has 0 bridgehead atoms. The molecule has 0 atom stereocenters. The average molecular weight is 302 g/mol. The van der Waals surface area contributed by atoms with Crippen LogP contribution >= 0.6 is 0 Å². The highest BCUT2D eigenvalue weighted by Gasteiger charge is 2.17. The highest BCUT2D eigenvalue weighted by molar-refractivity contribution is 6.13. The predicted molar refractivity (Wildman–Crippen MR) is 99.1 cm³/mol. The van der Waals surface area contributed by atoms with Gasteiger partial charge in [0.05, 0.1) is 6.61 Å². The topological polar surface area (TPSA) is 9.23 Å². The maximum atomic E-state index is 6.06. The molecular weight excluding hydrogens is 280 g/mol. The molecule has 0 saturated carbocycles. The van der Waals surface area contributed by atoms with Crippen molar-refractivity contribution in [3.8, 4) is 5.75 Å². The Labute approximate surface area is 137 Å². The van der Waals surface area contributed by atoms with Crippen LogP contribution in [0, 0.1) is 0 Å². The number of ether oxygens (including phenoxy) is 1. The minimum Gasteiger partial charge on any atom is -0.493 e. The lowest BCUT2D eigenvalue weighted by Gasteiger charge is -2.20. The summed E-state index contributed by atoms with van der Waals surface area (Å²) in [6, 6.07) is 17.4. The van der Waals surface area contributed by atoms with Crippen molar-refractivity contribution in [1.82, 2.24) is 0 Å². The summed E-state index contributed by atoms with van der Waals surface area (Å²) >= 11 is 0. The summed E-state index contributed by atoms with van der Waals surface area (Å²) in [4.78, 5) is 0. The number of hydrogen-bond donors (Lipinski definition) is 0. The lowest BCUT2D eigenvalue weighted by molar-refractivity contribution is 0.348. The van der Waals surface area contributed by atoms with Crippen molar-refractivity contribution in [2.24, 2.45) is 0 Å². The molecule has 3 aromatic rings. The van der Waals surface area contributed by atoms with Crippen molar-refractivity contribution in [2.75, 3.05) is 6.61 Å². The Morgan fingerprint density at radius 3 is 1.96 bits per heavy atom. The van der Waals surface area contributed by atoms with Crippen molar-refractivity contribution in [2.45, 2.75) is 32.6 Å². The molecule has 0 fully saturated rings. The number of fused-ring (bicyclic) bond motifs is 2. The van der Waals surface area contributed by atoms with Gasteiger partial charge < -0.3 is 4.74 Å². The van der Waals surface area contributed by atoms with E-state index in [1.54, 1.807) is 0 Å². The largest absolute Gasteiger partial charge is 0.493 e. The van der Waals surface area contributed by atoms with Crippen LogP contribution in [0.1, 0.15) is 38.2 Å². The van der Waals surface area contributed by atoms with Crippen LogP contribution < -0.4 is 4.74 Å². The van der Waals surface area contributed by atoms with E-state index < -0.39 is 0 Å². The molecular formula is C22H22O. The van der Waals surface area contributed by atoms with E-state index in [2.05, 4.69) is 61.5 Å². The zero-order valence-electron chi connectivity index (χ0n) is 13.6. The first-order valence-electron chi connectivity index (χ1n) is 8.66. The lowest BCUT2D eigenvalue weighted by atomic mass is 9.86. The molecule has 0 unspecified atom stereocenters. The maximum absolute atomic E-state index is 6.06. The molecule has 1 nitrogen and oxygen atoms in total. The molecule has 0 spiro atoms. The molecule has 1 aliphatic carbocycles. The normalized spacial score (nSPS) is 14.9. The van der Waals surface area contributed by atoms with Gasteiger partial charge in [-0.2, -0.15) is 0 Å². The van der Waals surface area contributed by atoms with Gasteiger partial charge in [0.2, 0.25) is 0 Å². The van der Waals surface area contributed by atoms with Crippen molar-refractivity contribution in [3.05, 3.63) is 60.2 Å². The van der Waals surface area contributed by atoms with Crippen LogP contribution in [0.2, 0.25) is 0 Å². The summed E-state index contributed by atoms with van der Waals surface area (Å²) in [5.74, 6) is 1.03. The Morgan fingerprint density at radius 1 is 0.826 bits per heavy atom. The highest BCUT2D eigenvalue weighted by Crippen LogP contribution is 2.43. The van der Waals surface area contributed by atoms with E-state index in [0.29, 0.717) is 6.61 Å². The van der Waals surface area contributed by atoms with Gasteiger partial charge in [-0.3, -0.25) is 0 Å². The van der Waals surface area contributed by atoms with Crippen molar-refractivity contribution < 1.29 is 4.74 Å². The minimum absolute atomic E-state index is 0.691. The van der Waals surface area contributed by atoms with E-state index in [4.69, 9.17) is 4.74 Å². The first kappa shape index (κ1) is 14.3. The SMILES string of the molecule is CCOc1c2ccccc2c(C2=CCCCC2)c2ccccc12. The molecule has 1 heteroatoms. The van der Waals surface area contributed by atoms with Gasteiger partial charge in [-0.15, -0.1) is 0 Å². The summed E-state index contributed by atoms with van der Waals surface area (Å²) in [6.07, 6.45) is 7.43. The molecule has 1 aliphatic rings. The maximum Gasteiger partial charge on any atom is 0.134 e. The smallest absolute Gasteiger partial charge is 0.134 e. The summed E-state index contributed by atoms with van der Waals surface area (Å²) in [6.45, 7) is 2.75. The quantitative estimate of drug-likeness (QED) is 0.512. The molecule has 3 aromatic carbocycles. The van der Waals surface area contributed by atoms with Crippen LogP contribution in [0.5, 0.6) is 5.75 Å². The van der Waals surface area contributed by atoms with Gasteiger partial charge in [0.1, 0.15) is 5.75 Å². The van der Waals surface area contributed by atoms with E-state index in [9.17, 15) is 0 Å². The van der Waals surface area contributed by atoms with Crippen molar-refractivity contribution >= 4 is 27.1 Å². The minimum atomic E-state index is 0.691. The summed E-state index contributed by atoms with van der Waals surface area (Å²) in [7, 11) is 0. The zero-order chi connectivity index (χ0) is 15.6. The molecule has 0 radical (unpaired) electrons. The monoisotopic (exact) mass is 302 g/mol. The molecule has 23 heavy (non-hydrogen) atoms. The molecule has 0 aliphatic heterocycles. The second-order valence-electron chi connectivity index (χ2n) is 6.20. The predicted octanol–water partition coefficient (Wildman–Crippen LogP) is 6.35. The Bertz CT molecular complexity index is 832. The molecule has 4 rings (SSSR count). The number of hydrogen-bond acceptors (Lipinski definition) is 1. The number of allylic oxidation sites excluding steroid dienone is 2.